The van der Waals surface area contributed by atoms with Gasteiger partial charge in [0.2, 0.25) is 0 Å². The fourth-order valence-corrected chi connectivity index (χ4v) is 3.01. The van der Waals surface area contributed by atoms with Crippen LogP contribution in [0.25, 0.3) is 0 Å². The average Bonchev–Trinajstić information content (AvgIpc) is 2.85. The number of amides is 1. The van der Waals surface area contributed by atoms with E-state index in [0.29, 0.717) is 25.1 Å². The number of carbonyl (C=O) groups excluding carboxylic acids is 1. The normalized spacial score (nSPS) is 17.1. The fourth-order valence-electron chi connectivity index (χ4n) is 3.01. The second-order valence-electron chi connectivity index (χ2n) is 5.79. The molecule has 1 aromatic carbocycles. The first-order valence-corrected chi connectivity index (χ1v) is 7.31. The van der Waals surface area contributed by atoms with Gasteiger partial charge in [-0.2, -0.15) is 0 Å². The lowest BCUT2D eigenvalue weighted by atomic mass is 10.00. The highest BCUT2D eigenvalue weighted by Crippen LogP contribution is 2.30. The highest BCUT2D eigenvalue weighted by molar-refractivity contribution is 5.95. The van der Waals surface area contributed by atoms with Gasteiger partial charge in [-0.15, -0.1) is 0 Å². The van der Waals surface area contributed by atoms with Gasteiger partial charge in [-0.3, -0.25) is 4.79 Å². The Labute approximate surface area is 120 Å². The number of rotatable bonds is 5. The lowest BCUT2D eigenvalue weighted by Crippen LogP contribution is -2.42. The monoisotopic (exact) mass is 276 g/mol. The molecule has 1 aliphatic rings. The Bertz CT molecular complexity index is 467. The summed E-state index contributed by atoms with van der Waals surface area (Å²) in [7, 11) is 1.76. The van der Waals surface area contributed by atoms with Gasteiger partial charge < -0.3 is 15.7 Å². The third-order valence-electron chi connectivity index (χ3n) is 4.07. The Morgan fingerprint density at radius 3 is 2.65 bits per heavy atom. The Balaban J connectivity index is 2.10. The summed E-state index contributed by atoms with van der Waals surface area (Å²) < 4.78 is 0. The first-order valence-electron chi connectivity index (χ1n) is 7.31. The molecule has 0 aromatic heterocycles. The van der Waals surface area contributed by atoms with Crippen molar-refractivity contribution in [1.29, 1.82) is 0 Å². The van der Waals surface area contributed by atoms with Crippen molar-refractivity contribution in [2.45, 2.75) is 37.7 Å². The van der Waals surface area contributed by atoms with E-state index in [1.807, 2.05) is 24.3 Å². The van der Waals surface area contributed by atoms with Crippen LogP contribution in [-0.4, -0.2) is 41.7 Å². The fraction of sp³-hybridized carbons (Fsp3) is 0.562. The van der Waals surface area contributed by atoms with Crippen molar-refractivity contribution in [3.05, 3.63) is 35.4 Å². The summed E-state index contributed by atoms with van der Waals surface area (Å²) in [5, 5.41) is 10.4. The van der Waals surface area contributed by atoms with Crippen molar-refractivity contribution in [3.63, 3.8) is 0 Å². The van der Waals surface area contributed by atoms with E-state index in [-0.39, 0.29) is 5.91 Å². The van der Waals surface area contributed by atoms with Crippen LogP contribution in [0.5, 0.6) is 0 Å². The molecule has 4 nitrogen and oxygen atoms in total. The lowest BCUT2D eigenvalue weighted by molar-refractivity contribution is 0.0156. The van der Waals surface area contributed by atoms with Gasteiger partial charge in [-0.25, -0.2) is 0 Å². The van der Waals surface area contributed by atoms with E-state index in [9.17, 15) is 9.90 Å². The van der Waals surface area contributed by atoms with Crippen molar-refractivity contribution in [3.8, 4) is 0 Å². The van der Waals surface area contributed by atoms with Crippen LogP contribution in [0.4, 0.5) is 0 Å². The zero-order chi connectivity index (χ0) is 14.6. The molecule has 4 heteroatoms. The molecule has 0 atom stereocenters. The maximum absolute atomic E-state index is 12.5. The topological polar surface area (TPSA) is 66.6 Å². The Hall–Kier alpha value is -1.39. The Morgan fingerprint density at radius 2 is 2.00 bits per heavy atom. The van der Waals surface area contributed by atoms with Crippen molar-refractivity contribution in [2.75, 3.05) is 20.1 Å². The van der Waals surface area contributed by atoms with Crippen LogP contribution in [0.15, 0.2) is 24.3 Å². The highest BCUT2D eigenvalue weighted by Gasteiger charge is 2.33. The summed E-state index contributed by atoms with van der Waals surface area (Å²) in [5.41, 5.74) is 6.57. The third-order valence-corrected chi connectivity index (χ3v) is 4.07. The van der Waals surface area contributed by atoms with E-state index in [1.54, 1.807) is 11.9 Å². The number of benzene rings is 1. The van der Waals surface area contributed by atoms with Crippen molar-refractivity contribution >= 4 is 5.91 Å². The number of likely N-dealkylation sites (N-methyl/N-ethyl adjacent to an activating group) is 1. The zero-order valence-electron chi connectivity index (χ0n) is 12.1. The van der Waals surface area contributed by atoms with Crippen molar-refractivity contribution < 1.29 is 9.90 Å². The number of nitrogens with zero attached hydrogens (tertiary/aromatic N) is 1. The second-order valence-corrected chi connectivity index (χ2v) is 5.79. The van der Waals surface area contributed by atoms with Crippen molar-refractivity contribution in [2.24, 2.45) is 5.73 Å². The molecule has 2 rings (SSSR count). The molecule has 0 spiro atoms. The minimum Gasteiger partial charge on any atom is -0.388 e. The summed E-state index contributed by atoms with van der Waals surface area (Å²) in [5.74, 6) is -0.0330. The SMILES string of the molecule is CN(CC1(O)CCCC1)C(=O)c1ccccc1CCN. The predicted octanol–water partition coefficient (Wildman–Crippen LogP) is 1.56. The number of hydrogen-bond acceptors (Lipinski definition) is 3. The number of nitrogens with two attached hydrogens (primary N) is 1. The molecule has 3 N–H and O–H groups in total. The molecular weight excluding hydrogens is 252 g/mol. The number of carbonyl (C=O) groups is 1. The van der Waals surface area contributed by atoms with Gasteiger partial charge in [-0.05, 0) is 37.4 Å². The van der Waals surface area contributed by atoms with E-state index in [4.69, 9.17) is 5.73 Å². The number of aliphatic hydroxyl groups is 1. The first kappa shape index (κ1) is 15.0. The van der Waals surface area contributed by atoms with E-state index >= 15 is 0 Å². The van der Waals surface area contributed by atoms with E-state index in [2.05, 4.69) is 0 Å². The van der Waals surface area contributed by atoms with Crippen LogP contribution in [-0.2, 0) is 6.42 Å². The zero-order valence-corrected chi connectivity index (χ0v) is 12.1. The molecule has 0 aliphatic heterocycles. The summed E-state index contributed by atoms with van der Waals surface area (Å²) in [4.78, 5) is 14.2. The van der Waals surface area contributed by atoms with Gasteiger partial charge in [0.1, 0.15) is 0 Å². The molecule has 1 saturated carbocycles. The quantitative estimate of drug-likeness (QED) is 0.858. The lowest BCUT2D eigenvalue weighted by Gasteiger charge is -2.29. The van der Waals surface area contributed by atoms with Gasteiger partial charge in [0.05, 0.1) is 5.60 Å². The predicted molar refractivity (Wildman–Crippen MR) is 79.6 cm³/mol. The molecule has 0 saturated heterocycles. The van der Waals surface area contributed by atoms with Gasteiger partial charge in [0, 0.05) is 19.2 Å². The minimum atomic E-state index is -0.701. The Morgan fingerprint density at radius 1 is 1.35 bits per heavy atom. The summed E-state index contributed by atoms with van der Waals surface area (Å²) in [6.07, 6.45) is 4.36. The van der Waals surface area contributed by atoms with E-state index in [0.717, 1.165) is 31.2 Å². The summed E-state index contributed by atoms with van der Waals surface area (Å²) in [6, 6.07) is 7.57. The average molecular weight is 276 g/mol. The van der Waals surface area contributed by atoms with Gasteiger partial charge >= 0.3 is 0 Å². The standard InChI is InChI=1S/C16H24N2O2/c1-18(12-16(20)9-4-5-10-16)15(19)14-7-3-2-6-13(14)8-11-17/h2-3,6-7,20H,4-5,8-12,17H2,1H3. The molecule has 1 aliphatic carbocycles. The van der Waals surface area contributed by atoms with Gasteiger partial charge in [0.25, 0.3) is 5.91 Å². The molecule has 1 fully saturated rings. The molecule has 0 bridgehead atoms. The molecule has 20 heavy (non-hydrogen) atoms. The van der Waals surface area contributed by atoms with Gasteiger partial charge in [-0.1, -0.05) is 31.0 Å². The maximum atomic E-state index is 12.5. The van der Waals surface area contributed by atoms with Crippen LogP contribution < -0.4 is 5.73 Å². The van der Waals surface area contributed by atoms with Gasteiger partial charge in [0.15, 0.2) is 0 Å². The van der Waals surface area contributed by atoms with E-state index < -0.39 is 5.60 Å². The van der Waals surface area contributed by atoms with Crippen LogP contribution in [0, 0.1) is 0 Å². The van der Waals surface area contributed by atoms with Crippen LogP contribution >= 0.6 is 0 Å². The molecule has 1 amide bonds. The summed E-state index contributed by atoms with van der Waals surface area (Å²) >= 11 is 0. The van der Waals surface area contributed by atoms with E-state index in [1.165, 1.54) is 0 Å². The highest BCUT2D eigenvalue weighted by atomic mass is 16.3. The smallest absolute Gasteiger partial charge is 0.253 e. The molecule has 1 aromatic rings. The largest absolute Gasteiger partial charge is 0.388 e. The molecule has 0 unspecified atom stereocenters. The van der Waals surface area contributed by atoms with Crippen LogP contribution in [0.2, 0.25) is 0 Å². The number of hydrogen-bond donors (Lipinski definition) is 2. The first-order chi connectivity index (χ1) is 9.56. The Kier molecular flexibility index (Phi) is 4.78. The van der Waals surface area contributed by atoms with Crippen LogP contribution in [0.1, 0.15) is 41.6 Å². The van der Waals surface area contributed by atoms with Crippen LogP contribution in [0.3, 0.4) is 0 Å². The molecule has 0 heterocycles. The second kappa shape index (κ2) is 6.37. The summed E-state index contributed by atoms with van der Waals surface area (Å²) in [6.45, 7) is 0.931. The van der Waals surface area contributed by atoms with Crippen molar-refractivity contribution in [1.82, 2.24) is 4.90 Å². The molecule has 0 radical (unpaired) electrons. The molecule has 110 valence electrons. The molecular formula is C16H24N2O2. The third kappa shape index (κ3) is 3.38. The minimum absolute atomic E-state index is 0.0330. The maximum Gasteiger partial charge on any atom is 0.253 e.